The largest absolute Gasteiger partial charge is 0.507 e. The van der Waals surface area contributed by atoms with Gasteiger partial charge in [0.2, 0.25) is 0 Å². The van der Waals surface area contributed by atoms with Crippen LogP contribution in [0.3, 0.4) is 0 Å². The number of fused-ring (bicyclic) bond motifs is 2. The number of methoxy groups -OCH3 is 1. The summed E-state index contributed by atoms with van der Waals surface area (Å²) in [5, 5.41) is 12.1. The van der Waals surface area contributed by atoms with Crippen LogP contribution < -0.4 is 15.3 Å². The Kier molecular flexibility index (Phi) is 5.83. The Hall–Kier alpha value is -3.88. The number of benzene rings is 3. The maximum absolute atomic E-state index is 13.0. The van der Waals surface area contributed by atoms with E-state index >= 15 is 0 Å². The third-order valence-electron chi connectivity index (χ3n) is 6.70. The van der Waals surface area contributed by atoms with Crippen LogP contribution in [0.2, 0.25) is 0 Å². The summed E-state index contributed by atoms with van der Waals surface area (Å²) in [5.74, 6) is 0.979. The number of anilines is 1. The molecule has 1 fully saturated rings. The molecule has 5 aromatic rings. The zero-order valence-corrected chi connectivity index (χ0v) is 20.6. The average molecular weight is 500 g/mol. The second-order valence-electron chi connectivity index (χ2n) is 8.88. The van der Waals surface area contributed by atoms with Crippen LogP contribution in [0.15, 0.2) is 75.9 Å². The second kappa shape index (κ2) is 9.29. The van der Waals surface area contributed by atoms with Crippen molar-refractivity contribution in [1.29, 1.82) is 0 Å². The molecule has 36 heavy (non-hydrogen) atoms. The fourth-order valence-electron chi connectivity index (χ4n) is 4.70. The predicted octanol–water partition coefficient (Wildman–Crippen LogP) is 5.11. The lowest BCUT2D eigenvalue weighted by atomic mass is 10.1. The molecule has 7 nitrogen and oxygen atoms in total. The van der Waals surface area contributed by atoms with Crippen molar-refractivity contribution in [3.8, 4) is 22.1 Å². The molecule has 8 heteroatoms. The highest BCUT2D eigenvalue weighted by atomic mass is 32.1. The molecule has 0 unspecified atom stereocenters. The number of aromatic hydroxyl groups is 1. The molecule has 3 aromatic carbocycles. The summed E-state index contributed by atoms with van der Waals surface area (Å²) >= 11 is 1.47. The lowest BCUT2D eigenvalue weighted by Gasteiger charge is -2.36. The number of nitrogens with zero attached hydrogens (tertiary/aromatic N) is 3. The summed E-state index contributed by atoms with van der Waals surface area (Å²) in [7, 11) is 1.67. The number of phenols is 1. The first kappa shape index (κ1) is 22.6. The van der Waals surface area contributed by atoms with Gasteiger partial charge in [-0.1, -0.05) is 12.1 Å². The van der Waals surface area contributed by atoms with Gasteiger partial charge in [-0.2, -0.15) is 0 Å². The highest BCUT2D eigenvalue weighted by molar-refractivity contribution is 7.21. The van der Waals surface area contributed by atoms with Gasteiger partial charge in [-0.05, 0) is 54.6 Å². The fraction of sp³-hybridized carbons (Fsp3) is 0.214. The summed E-state index contributed by atoms with van der Waals surface area (Å²) in [6.07, 6.45) is 0. The second-order valence-corrected chi connectivity index (χ2v) is 9.91. The molecule has 0 bridgehead atoms. The van der Waals surface area contributed by atoms with Crippen LogP contribution in [0.5, 0.6) is 11.5 Å². The van der Waals surface area contributed by atoms with Gasteiger partial charge in [0.25, 0.3) is 0 Å². The molecule has 6 rings (SSSR count). The predicted molar refractivity (Wildman–Crippen MR) is 143 cm³/mol. The van der Waals surface area contributed by atoms with E-state index in [9.17, 15) is 9.90 Å². The van der Waals surface area contributed by atoms with Gasteiger partial charge in [0.05, 0.1) is 28.5 Å². The number of aromatic nitrogens is 1. The highest BCUT2D eigenvalue weighted by Gasteiger charge is 2.22. The van der Waals surface area contributed by atoms with E-state index in [1.54, 1.807) is 19.2 Å². The van der Waals surface area contributed by atoms with Crippen molar-refractivity contribution in [3.05, 3.63) is 82.7 Å². The van der Waals surface area contributed by atoms with Crippen LogP contribution >= 0.6 is 11.3 Å². The minimum atomic E-state index is -0.447. The molecule has 182 valence electrons. The van der Waals surface area contributed by atoms with Crippen molar-refractivity contribution in [2.75, 3.05) is 38.2 Å². The van der Waals surface area contributed by atoms with Crippen LogP contribution in [0.25, 0.3) is 31.8 Å². The van der Waals surface area contributed by atoms with Crippen molar-refractivity contribution in [2.24, 2.45) is 0 Å². The first-order valence-electron chi connectivity index (χ1n) is 11.8. The zero-order valence-electron chi connectivity index (χ0n) is 19.8. The van der Waals surface area contributed by atoms with Crippen molar-refractivity contribution < 1.29 is 14.3 Å². The van der Waals surface area contributed by atoms with Crippen molar-refractivity contribution in [1.82, 2.24) is 9.88 Å². The van der Waals surface area contributed by atoms with Crippen LogP contribution in [0, 0.1) is 0 Å². The number of hydrogen-bond donors (Lipinski definition) is 1. The van der Waals surface area contributed by atoms with Crippen LogP contribution in [0.4, 0.5) is 5.69 Å². The Morgan fingerprint density at radius 3 is 2.56 bits per heavy atom. The maximum atomic E-state index is 13.0. The van der Waals surface area contributed by atoms with Crippen molar-refractivity contribution >= 4 is 38.2 Å². The standard InChI is InChI=1S/C28H25N3O4S/c1-34-20-9-7-19(8-10-20)31-14-12-30(13-15-31)17-22-24(32)11-6-18-16-21(28(33)35-26(18)22)27-29-23-4-2-3-5-25(23)36-27/h2-11,16,32H,12-15,17H2,1H3. The van der Waals surface area contributed by atoms with E-state index in [1.807, 2.05) is 42.5 Å². The van der Waals surface area contributed by atoms with E-state index in [-0.39, 0.29) is 5.75 Å². The molecule has 1 saturated heterocycles. The van der Waals surface area contributed by atoms with E-state index < -0.39 is 5.63 Å². The van der Waals surface area contributed by atoms with Gasteiger partial charge in [-0.3, -0.25) is 4.90 Å². The summed E-state index contributed by atoms with van der Waals surface area (Å²) in [5.41, 5.74) is 3.08. The molecule has 1 N–H and O–H groups in total. The Morgan fingerprint density at radius 1 is 1.03 bits per heavy atom. The molecule has 1 aliphatic rings. The molecule has 0 spiro atoms. The minimum Gasteiger partial charge on any atom is -0.507 e. The number of hydrogen-bond acceptors (Lipinski definition) is 8. The molecule has 0 amide bonds. The quantitative estimate of drug-likeness (QED) is 0.337. The van der Waals surface area contributed by atoms with Gasteiger partial charge in [0.15, 0.2) is 0 Å². The third kappa shape index (κ3) is 4.19. The summed E-state index contributed by atoms with van der Waals surface area (Å²) in [6.45, 7) is 3.89. The molecule has 2 aromatic heterocycles. The van der Waals surface area contributed by atoms with Crippen LogP contribution in [-0.2, 0) is 6.54 Å². The maximum Gasteiger partial charge on any atom is 0.346 e. The van der Waals surface area contributed by atoms with Crippen molar-refractivity contribution in [2.45, 2.75) is 6.54 Å². The van der Waals surface area contributed by atoms with E-state index in [0.29, 0.717) is 28.3 Å². The van der Waals surface area contributed by atoms with E-state index in [4.69, 9.17) is 9.15 Å². The lowest BCUT2D eigenvalue weighted by Crippen LogP contribution is -2.46. The lowest BCUT2D eigenvalue weighted by molar-refractivity contribution is 0.246. The van der Waals surface area contributed by atoms with Crippen LogP contribution in [0.1, 0.15) is 5.56 Å². The first-order chi connectivity index (χ1) is 17.6. The normalized spacial score (nSPS) is 14.5. The summed E-state index contributed by atoms with van der Waals surface area (Å²) in [6, 6.07) is 21.2. The van der Waals surface area contributed by atoms with Gasteiger partial charge >= 0.3 is 5.63 Å². The topological polar surface area (TPSA) is 79.0 Å². The number of rotatable bonds is 5. The molecule has 0 aliphatic carbocycles. The highest BCUT2D eigenvalue weighted by Crippen LogP contribution is 2.33. The monoisotopic (exact) mass is 499 g/mol. The smallest absolute Gasteiger partial charge is 0.346 e. The number of para-hydroxylation sites is 1. The van der Waals surface area contributed by atoms with Gasteiger partial charge in [0, 0.05) is 43.8 Å². The molecule has 0 saturated carbocycles. The van der Waals surface area contributed by atoms with Gasteiger partial charge in [-0.15, -0.1) is 11.3 Å². The van der Waals surface area contributed by atoms with E-state index in [1.165, 1.54) is 11.3 Å². The zero-order chi connectivity index (χ0) is 24.6. The molecule has 0 atom stereocenters. The average Bonchev–Trinajstić information content (AvgIpc) is 3.35. The Labute approximate surface area is 211 Å². The molecular weight excluding hydrogens is 474 g/mol. The third-order valence-corrected chi connectivity index (χ3v) is 7.77. The van der Waals surface area contributed by atoms with Gasteiger partial charge in [-0.25, -0.2) is 9.78 Å². The molecular formula is C28H25N3O4S. The number of thiazole rings is 1. The van der Waals surface area contributed by atoms with Crippen LogP contribution in [-0.4, -0.2) is 48.3 Å². The molecule has 1 aliphatic heterocycles. The minimum absolute atomic E-state index is 0.135. The summed E-state index contributed by atoms with van der Waals surface area (Å²) in [4.78, 5) is 22.2. The number of phenolic OH excluding ortho intramolecular Hbond substituents is 1. The SMILES string of the molecule is COc1ccc(N2CCN(Cc3c(O)ccc4cc(-c5nc6ccccc6s5)c(=O)oc34)CC2)cc1. The Bertz CT molecular complexity index is 1570. The van der Waals surface area contributed by atoms with E-state index in [0.717, 1.165) is 53.2 Å². The van der Waals surface area contributed by atoms with E-state index in [2.05, 4.69) is 26.9 Å². The molecule has 3 heterocycles. The number of ether oxygens (including phenoxy) is 1. The first-order valence-corrected chi connectivity index (χ1v) is 12.7. The summed E-state index contributed by atoms with van der Waals surface area (Å²) < 4.78 is 12.1. The van der Waals surface area contributed by atoms with Crippen molar-refractivity contribution in [3.63, 3.8) is 0 Å². The van der Waals surface area contributed by atoms with Gasteiger partial charge in [0.1, 0.15) is 22.1 Å². The Balaban J connectivity index is 1.25. The van der Waals surface area contributed by atoms with Gasteiger partial charge < -0.3 is 19.2 Å². The Morgan fingerprint density at radius 2 is 1.81 bits per heavy atom. The molecule has 0 radical (unpaired) electrons. The number of piperazine rings is 1. The fourth-order valence-corrected chi connectivity index (χ4v) is 5.67.